The second-order valence-corrected chi connectivity index (χ2v) is 8.55. The van der Waals surface area contributed by atoms with Gasteiger partial charge in [-0.1, -0.05) is 58.3 Å². The summed E-state index contributed by atoms with van der Waals surface area (Å²) in [6, 6.07) is 0. The van der Waals surface area contributed by atoms with Crippen LogP contribution in [0, 0.1) is 17.3 Å². The van der Waals surface area contributed by atoms with Gasteiger partial charge in [-0.3, -0.25) is 4.79 Å². The number of unbranched alkanes of at least 4 members (excludes halogenated alkanes) is 3. The Morgan fingerprint density at radius 1 is 1.32 bits per heavy atom. The van der Waals surface area contributed by atoms with Crippen molar-refractivity contribution in [3.8, 4) is 0 Å². The lowest BCUT2D eigenvalue weighted by Crippen LogP contribution is -2.28. The van der Waals surface area contributed by atoms with Crippen LogP contribution in [0.4, 0.5) is 0 Å². The third-order valence-corrected chi connectivity index (χ3v) is 5.81. The Hall–Kier alpha value is -1.46. The Balaban J connectivity index is 2.57. The zero-order chi connectivity index (χ0) is 21.2. The molecule has 4 unspecified atom stereocenters. The zero-order valence-corrected chi connectivity index (χ0v) is 17.9. The van der Waals surface area contributed by atoms with Crippen molar-refractivity contribution < 1.29 is 24.5 Å². The first-order valence-electron chi connectivity index (χ1n) is 10.5. The lowest BCUT2D eigenvalue weighted by molar-refractivity contribution is -0.134. The molecular weight excluding hydrogens is 356 g/mol. The van der Waals surface area contributed by atoms with Crippen LogP contribution < -0.4 is 0 Å². The van der Waals surface area contributed by atoms with Crippen molar-refractivity contribution in [2.45, 2.75) is 84.3 Å². The molecule has 0 aromatic carbocycles. The summed E-state index contributed by atoms with van der Waals surface area (Å²) in [5.74, 6) is -0.678. The zero-order valence-electron chi connectivity index (χ0n) is 17.9. The Morgan fingerprint density at radius 3 is 2.68 bits per heavy atom. The van der Waals surface area contributed by atoms with Gasteiger partial charge in [0.05, 0.1) is 19.3 Å². The van der Waals surface area contributed by atoms with E-state index in [1.807, 2.05) is 19.9 Å². The normalized spacial score (nSPS) is 24.4. The van der Waals surface area contributed by atoms with Crippen molar-refractivity contribution in [3.05, 3.63) is 24.3 Å². The van der Waals surface area contributed by atoms with Gasteiger partial charge in [0, 0.05) is 24.3 Å². The van der Waals surface area contributed by atoms with Crippen LogP contribution in [0.1, 0.15) is 72.1 Å². The van der Waals surface area contributed by atoms with Crippen molar-refractivity contribution >= 4 is 11.8 Å². The molecule has 0 aromatic heterocycles. The number of ether oxygens (including phenoxy) is 1. The minimum absolute atomic E-state index is 0.104. The van der Waals surface area contributed by atoms with Crippen molar-refractivity contribution in [2.24, 2.45) is 17.3 Å². The average molecular weight is 395 g/mol. The standard InChI is InChI=1S/C23H38O5/c1-5-6-15-23(2,3)21(26)14-13-18-17(19(24)16-20(18)25)11-9-7-8-10-12-22(27)28-4/h10,12-14,17-18,20-21,25-26H,5-9,11,15-16H2,1-4H3/b12-10+,14-13+. The lowest BCUT2D eigenvalue weighted by atomic mass is 9.80. The van der Waals surface area contributed by atoms with Crippen LogP contribution in [0.3, 0.4) is 0 Å². The SMILES string of the molecule is CCCCC(C)(C)C(O)/C=C/C1C(O)CC(=O)C1CCCC/C=C/C(=O)OC. The molecule has 0 aromatic rings. The lowest BCUT2D eigenvalue weighted by Gasteiger charge is -2.29. The predicted octanol–water partition coefficient (Wildman–Crippen LogP) is 3.98. The minimum atomic E-state index is -0.668. The van der Waals surface area contributed by atoms with Crippen LogP contribution in [-0.4, -0.2) is 41.3 Å². The second kappa shape index (κ2) is 12.2. The van der Waals surface area contributed by atoms with E-state index in [2.05, 4.69) is 11.7 Å². The molecule has 5 heteroatoms. The topological polar surface area (TPSA) is 83.8 Å². The predicted molar refractivity (Wildman–Crippen MR) is 111 cm³/mol. The van der Waals surface area contributed by atoms with Gasteiger partial charge in [-0.25, -0.2) is 4.79 Å². The number of ketones is 1. The van der Waals surface area contributed by atoms with E-state index in [-0.39, 0.29) is 35.4 Å². The number of allylic oxidation sites excluding steroid dienone is 1. The first-order chi connectivity index (χ1) is 13.2. The first-order valence-corrected chi connectivity index (χ1v) is 10.5. The fourth-order valence-corrected chi connectivity index (χ4v) is 3.74. The number of rotatable bonds is 12. The van der Waals surface area contributed by atoms with E-state index in [4.69, 9.17) is 0 Å². The van der Waals surface area contributed by atoms with Crippen LogP contribution in [-0.2, 0) is 14.3 Å². The molecule has 1 rings (SSSR count). The van der Waals surface area contributed by atoms with Gasteiger partial charge in [0.15, 0.2) is 0 Å². The molecule has 2 N–H and O–H groups in total. The summed E-state index contributed by atoms with van der Waals surface area (Å²) in [6.45, 7) is 6.23. The fraction of sp³-hybridized carbons (Fsp3) is 0.739. The van der Waals surface area contributed by atoms with Crippen LogP contribution in [0.15, 0.2) is 24.3 Å². The molecule has 28 heavy (non-hydrogen) atoms. The molecule has 5 nitrogen and oxygen atoms in total. The maximum Gasteiger partial charge on any atom is 0.330 e. The summed E-state index contributed by atoms with van der Waals surface area (Å²) in [5, 5.41) is 20.8. The highest BCUT2D eigenvalue weighted by Gasteiger charge is 2.39. The molecule has 0 spiro atoms. The number of esters is 1. The van der Waals surface area contributed by atoms with Crippen molar-refractivity contribution in [3.63, 3.8) is 0 Å². The second-order valence-electron chi connectivity index (χ2n) is 8.55. The molecule has 0 heterocycles. The number of hydrogen-bond donors (Lipinski definition) is 2. The van der Waals surface area contributed by atoms with E-state index >= 15 is 0 Å². The number of aliphatic hydroxyl groups excluding tert-OH is 2. The third kappa shape index (κ3) is 7.88. The molecule has 1 fully saturated rings. The van der Waals surface area contributed by atoms with Gasteiger partial charge < -0.3 is 14.9 Å². The molecule has 1 aliphatic rings. The molecule has 0 radical (unpaired) electrons. The molecule has 0 aliphatic heterocycles. The summed E-state index contributed by atoms with van der Waals surface area (Å²) in [4.78, 5) is 23.3. The van der Waals surface area contributed by atoms with Gasteiger partial charge in [0.1, 0.15) is 5.78 Å². The van der Waals surface area contributed by atoms with Gasteiger partial charge in [-0.15, -0.1) is 0 Å². The number of aliphatic hydroxyl groups is 2. The maximum atomic E-state index is 12.3. The summed E-state index contributed by atoms with van der Waals surface area (Å²) < 4.78 is 4.54. The monoisotopic (exact) mass is 394 g/mol. The van der Waals surface area contributed by atoms with E-state index in [1.165, 1.54) is 13.2 Å². The Bertz CT molecular complexity index is 549. The molecule has 0 saturated heterocycles. The van der Waals surface area contributed by atoms with Gasteiger partial charge in [-0.2, -0.15) is 0 Å². The molecule has 0 amide bonds. The molecule has 0 bridgehead atoms. The smallest absolute Gasteiger partial charge is 0.330 e. The third-order valence-electron chi connectivity index (χ3n) is 5.81. The van der Waals surface area contributed by atoms with Crippen LogP contribution in [0.2, 0.25) is 0 Å². The van der Waals surface area contributed by atoms with E-state index < -0.39 is 12.2 Å². The van der Waals surface area contributed by atoms with Crippen molar-refractivity contribution in [1.82, 2.24) is 0 Å². The van der Waals surface area contributed by atoms with Crippen LogP contribution >= 0.6 is 0 Å². The van der Waals surface area contributed by atoms with E-state index in [0.717, 1.165) is 38.5 Å². The first kappa shape index (κ1) is 24.6. The number of carbonyl (C=O) groups is 2. The van der Waals surface area contributed by atoms with E-state index in [1.54, 1.807) is 12.2 Å². The van der Waals surface area contributed by atoms with Gasteiger partial charge >= 0.3 is 5.97 Å². The Kier molecular flexibility index (Phi) is 10.7. The number of hydrogen-bond acceptors (Lipinski definition) is 5. The van der Waals surface area contributed by atoms with Crippen molar-refractivity contribution in [1.29, 1.82) is 0 Å². The molecule has 4 atom stereocenters. The van der Waals surface area contributed by atoms with Crippen LogP contribution in [0.5, 0.6) is 0 Å². The van der Waals surface area contributed by atoms with Gasteiger partial charge in [0.2, 0.25) is 0 Å². The highest BCUT2D eigenvalue weighted by molar-refractivity contribution is 5.84. The largest absolute Gasteiger partial charge is 0.466 e. The molecule has 1 aliphatic carbocycles. The number of Topliss-reactive ketones (excluding diaryl/α,β-unsaturated/α-hetero) is 1. The van der Waals surface area contributed by atoms with E-state index in [9.17, 15) is 19.8 Å². The van der Waals surface area contributed by atoms with Gasteiger partial charge in [0.25, 0.3) is 0 Å². The number of methoxy groups -OCH3 is 1. The summed E-state index contributed by atoms with van der Waals surface area (Å²) in [7, 11) is 1.35. The summed E-state index contributed by atoms with van der Waals surface area (Å²) >= 11 is 0. The average Bonchev–Trinajstić information content (AvgIpc) is 2.93. The number of carbonyl (C=O) groups excluding carboxylic acids is 2. The molecule has 160 valence electrons. The summed E-state index contributed by atoms with van der Waals surface area (Å²) in [5.41, 5.74) is -0.221. The summed E-state index contributed by atoms with van der Waals surface area (Å²) in [6.07, 6.45) is 12.0. The highest BCUT2D eigenvalue weighted by Crippen LogP contribution is 2.35. The Morgan fingerprint density at radius 2 is 2.04 bits per heavy atom. The maximum absolute atomic E-state index is 12.3. The van der Waals surface area contributed by atoms with E-state index in [0.29, 0.717) is 6.42 Å². The molecule has 1 saturated carbocycles. The Labute approximate surface area is 169 Å². The molecular formula is C23H38O5. The quantitative estimate of drug-likeness (QED) is 0.226. The van der Waals surface area contributed by atoms with Crippen LogP contribution in [0.25, 0.3) is 0 Å². The van der Waals surface area contributed by atoms with Crippen molar-refractivity contribution in [2.75, 3.05) is 7.11 Å². The fourth-order valence-electron chi connectivity index (χ4n) is 3.74. The minimum Gasteiger partial charge on any atom is -0.466 e. The highest BCUT2D eigenvalue weighted by atomic mass is 16.5. The van der Waals surface area contributed by atoms with Gasteiger partial charge in [-0.05, 0) is 31.1 Å².